The molecule has 0 aliphatic heterocycles. The van der Waals surface area contributed by atoms with Crippen LogP contribution in [-0.4, -0.2) is 21.4 Å². The van der Waals surface area contributed by atoms with Gasteiger partial charge in [-0.15, -0.1) is 11.3 Å². The number of rotatable bonds is 6. The lowest BCUT2D eigenvalue weighted by atomic mass is 10.2. The number of nitrogens with two attached hydrogens (primary N) is 1. The normalized spacial score (nSPS) is 11.6. The van der Waals surface area contributed by atoms with Gasteiger partial charge in [-0.1, -0.05) is 28.1 Å². The monoisotopic (exact) mass is 492 g/mol. The summed E-state index contributed by atoms with van der Waals surface area (Å²) in [5.74, 6) is -0.283. The predicted molar refractivity (Wildman–Crippen MR) is 119 cm³/mol. The van der Waals surface area contributed by atoms with Gasteiger partial charge in [-0.25, -0.2) is 13.6 Å². The van der Waals surface area contributed by atoms with Crippen LogP contribution < -0.4 is 15.2 Å². The van der Waals surface area contributed by atoms with Crippen molar-refractivity contribution in [1.29, 1.82) is 0 Å². The molecule has 0 aliphatic rings. The zero-order chi connectivity index (χ0) is 21.0. The van der Waals surface area contributed by atoms with Crippen molar-refractivity contribution in [1.82, 2.24) is 0 Å². The Morgan fingerprint density at radius 2 is 1.86 bits per heavy atom. The van der Waals surface area contributed by atoms with Gasteiger partial charge in [0.1, 0.15) is 10.6 Å². The molecule has 0 bridgehead atoms. The number of benzene rings is 2. The summed E-state index contributed by atoms with van der Waals surface area (Å²) in [7, 11) is -2.64. The van der Waals surface area contributed by atoms with Crippen LogP contribution in [-0.2, 0) is 14.8 Å². The molecule has 0 saturated carbocycles. The molecule has 1 aromatic heterocycles. The molecule has 0 radical (unpaired) electrons. The maximum absolute atomic E-state index is 12.2. The SMILES string of the molecule is COc1ccc(NC(=O)C=Cc2ccc(-c3ccc(Br)cc3)s2)cc1S(N)(=O)=O. The van der Waals surface area contributed by atoms with Crippen LogP contribution in [0.4, 0.5) is 5.69 Å². The Labute approximate surface area is 181 Å². The number of anilines is 1. The summed E-state index contributed by atoms with van der Waals surface area (Å²) in [5, 5.41) is 7.81. The van der Waals surface area contributed by atoms with Crippen molar-refractivity contribution in [3.05, 3.63) is 70.0 Å². The minimum atomic E-state index is -3.98. The van der Waals surface area contributed by atoms with Gasteiger partial charge in [0.25, 0.3) is 0 Å². The Bertz CT molecular complexity index is 1170. The van der Waals surface area contributed by atoms with Crippen molar-refractivity contribution in [2.75, 3.05) is 12.4 Å². The molecule has 3 N–H and O–H groups in total. The van der Waals surface area contributed by atoms with Crippen molar-refractivity contribution in [2.24, 2.45) is 5.14 Å². The fraction of sp³-hybridized carbons (Fsp3) is 0.0500. The van der Waals surface area contributed by atoms with Gasteiger partial charge in [0.2, 0.25) is 15.9 Å². The summed E-state index contributed by atoms with van der Waals surface area (Å²) < 4.78 is 29.3. The number of nitrogens with one attached hydrogen (secondary N) is 1. The average Bonchev–Trinajstić information content (AvgIpc) is 3.15. The first-order valence-electron chi connectivity index (χ1n) is 8.32. The van der Waals surface area contributed by atoms with Gasteiger partial charge in [0, 0.05) is 26.0 Å². The maximum atomic E-state index is 12.2. The highest BCUT2D eigenvalue weighted by molar-refractivity contribution is 9.10. The third kappa shape index (κ3) is 5.54. The van der Waals surface area contributed by atoms with Gasteiger partial charge in [-0.05, 0) is 54.1 Å². The largest absolute Gasteiger partial charge is 0.495 e. The van der Waals surface area contributed by atoms with Gasteiger partial charge >= 0.3 is 0 Å². The van der Waals surface area contributed by atoms with Crippen molar-refractivity contribution in [3.63, 3.8) is 0 Å². The lowest BCUT2D eigenvalue weighted by Gasteiger charge is -2.09. The van der Waals surface area contributed by atoms with E-state index in [-0.39, 0.29) is 10.6 Å². The van der Waals surface area contributed by atoms with Crippen LogP contribution in [0.25, 0.3) is 16.5 Å². The molecule has 0 saturated heterocycles. The molecule has 1 amide bonds. The molecule has 9 heteroatoms. The number of amides is 1. The number of primary sulfonamides is 1. The van der Waals surface area contributed by atoms with E-state index in [0.717, 1.165) is 19.8 Å². The van der Waals surface area contributed by atoms with Crippen LogP contribution in [0.2, 0.25) is 0 Å². The van der Waals surface area contributed by atoms with E-state index in [0.29, 0.717) is 5.69 Å². The van der Waals surface area contributed by atoms with Gasteiger partial charge in [-0.3, -0.25) is 4.79 Å². The Morgan fingerprint density at radius 3 is 2.52 bits per heavy atom. The van der Waals surface area contributed by atoms with E-state index < -0.39 is 15.9 Å². The summed E-state index contributed by atoms with van der Waals surface area (Å²) in [6, 6.07) is 16.1. The molecule has 0 fully saturated rings. The lowest BCUT2D eigenvalue weighted by Crippen LogP contribution is -2.15. The van der Waals surface area contributed by atoms with Crippen LogP contribution in [0, 0.1) is 0 Å². The highest BCUT2D eigenvalue weighted by Crippen LogP contribution is 2.30. The summed E-state index contributed by atoms with van der Waals surface area (Å²) in [6.07, 6.45) is 3.09. The zero-order valence-corrected chi connectivity index (χ0v) is 18.5. The minimum absolute atomic E-state index is 0.111. The number of methoxy groups -OCH3 is 1. The van der Waals surface area contributed by atoms with E-state index in [4.69, 9.17) is 9.88 Å². The van der Waals surface area contributed by atoms with Crippen LogP contribution in [0.3, 0.4) is 0 Å². The standard InChI is InChI=1S/C20H17BrN2O4S2/c1-27-17-9-6-15(12-19(17)29(22,25)26)23-20(24)11-8-16-7-10-18(28-16)13-2-4-14(21)5-3-13/h2-12H,1H3,(H,23,24)(H2,22,25,26). The Morgan fingerprint density at radius 1 is 1.14 bits per heavy atom. The predicted octanol–water partition coefficient (Wildman–Crippen LogP) is 4.49. The molecule has 1 heterocycles. The summed E-state index contributed by atoms with van der Waals surface area (Å²) >= 11 is 4.97. The first kappa shape index (κ1) is 21.3. The van der Waals surface area contributed by atoms with E-state index in [1.54, 1.807) is 17.4 Å². The van der Waals surface area contributed by atoms with Crippen LogP contribution in [0.1, 0.15) is 4.88 Å². The zero-order valence-electron chi connectivity index (χ0n) is 15.3. The van der Waals surface area contributed by atoms with E-state index in [2.05, 4.69) is 21.2 Å². The molecule has 0 aliphatic carbocycles. The fourth-order valence-electron chi connectivity index (χ4n) is 2.53. The second kappa shape index (κ2) is 8.91. The van der Waals surface area contributed by atoms with Crippen molar-refractivity contribution >= 4 is 55.0 Å². The molecule has 0 atom stereocenters. The smallest absolute Gasteiger partial charge is 0.248 e. The van der Waals surface area contributed by atoms with E-state index in [9.17, 15) is 13.2 Å². The lowest BCUT2D eigenvalue weighted by molar-refractivity contribution is -0.111. The number of carbonyl (C=O) groups is 1. The van der Waals surface area contributed by atoms with Crippen molar-refractivity contribution < 1.29 is 17.9 Å². The topological polar surface area (TPSA) is 98.5 Å². The van der Waals surface area contributed by atoms with Gasteiger partial charge in [0.15, 0.2) is 0 Å². The van der Waals surface area contributed by atoms with Crippen molar-refractivity contribution in [3.8, 4) is 16.2 Å². The number of hydrogen-bond acceptors (Lipinski definition) is 5. The minimum Gasteiger partial charge on any atom is -0.495 e. The van der Waals surface area contributed by atoms with Crippen LogP contribution >= 0.6 is 27.3 Å². The molecule has 3 rings (SSSR count). The van der Waals surface area contributed by atoms with Gasteiger partial charge in [0.05, 0.1) is 7.11 Å². The Kier molecular flexibility index (Phi) is 6.53. The van der Waals surface area contributed by atoms with Crippen LogP contribution in [0.15, 0.2) is 70.0 Å². The second-order valence-corrected chi connectivity index (χ2v) is 9.50. The fourth-order valence-corrected chi connectivity index (χ4v) is 4.43. The number of hydrogen-bond donors (Lipinski definition) is 2. The molecule has 29 heavy (non-hydrogen) atoms. The Hall–Kier alpha value is -2.46. The molecular weight excluding hydrogens is 476 g/mol. The third-order valence-electron chi connectivity index (χ3n) is 3.89. The molecule has 2 aromatic carbocycles. The van der Waals surface area contributed by atoms with E-state index in [1.807, 2.05) is 36.4 Å². The van der Waals surface area contributed by atoms with E-state index in [1.165, 1.54) is 31.4 Å². The number of sulfonamides is 1. The highest BCUT2D eigenvalue weighted by atomic mass is 79.9. The Balaban J connectivity index is 1.71. The highest BCUT2D eigenvalue weighted by Gasteiger charge is 2.16. The quantitative estimate of drug-likeness (QED) is 0.495. The second-order valence-electron chi connectivity index (χ2n) is 5.94. The first-order chi connectivity index (χ1) is 13.8. The molecule has 0 unspecified atom stereocenters. The number of halogens is 1. The molecule has 0 spiro atoms. The molecular formula is C20H17BrN2O4S2. The van der Waals surface area contributed by atoms with E-state index >= 15 is 0 Å². The maximum Gasteiger partial charge on any atom is 0.248 e. The number of ether oxygens (including phenoxy) is 1. The van der Waals surface area contributed by atoms with Crippen LogP contribution in [0.5, 0.6) is 5.75 Å². The molecule has 3 aromatic rings. The summed E-state index contributed by atoms with van der Waals surface area (Å²) in [4.78, 5) is 14.0. The van der Waals surface area contributed by atoms with Gasteiger partial charge in [-0.2, -0.15) is 0 Å². The van der Waals surface area contributed by atoms with Gasteiger partial charge < -0.3 is 10.1 Å². The molecule has 6 nitrogen and oxygen atoms in total. The summed E-state index contributed by atoms with van der Waals surface area (Å²) in [5.41, 5.74) is 1.39. The first-order valence-corrected chi connectivity index (χ1v) is 11.5. The average molecular weight is 493 g/mol. The molecule has 150 valence electrons. The third-order valence-corrected chi connectivity index (χ3v) is 6.45. The summed E-state index contributed by atoms with van der Waals surface area (Å²) in [6.45, 7) is 0. The van der Waals surface area contributed by atoms with Crippen molar-refractivity contribution in [2.45, 2.75) is 4.90 Å². The number of thiophene rings is 1. The number of carbonyl (C=O) groups excluding carboxylic acids is 1.